The van der Waals surface area contributed by atoms with E-state index in [9.17, 15) is 19.8 Å². The molecule has 0 aliphatic heterocycles. The zero-order chi connectivity index (χ0) is 40.3. The molecule has 0 heterocycles. The van der Waals surface area contributed by atoms with Gasteiger partial charge in [0.15, 0.2) is 11.6 Å². The first-order valence-electron chi connectivity index (χ1n) is 18.5. The lowest BCUT2D eigenvalue weighted by Crippen LogP contribution is -2.16. The number of rotatable bonds is 11. The number of benzene rings is 4. The van der Waals surface area contributed by atoms with Crippen LogP contribution in [0.2, 0.25) is 0 Å². The smallest absolute Gasteiger partial charge is 0.165 e. The second-order valence-electron chi connectivity index (χ2n) is 15.3. The number of Topliss-reactive ketones (excluding diaryl/α,β-unsaturated/α-hetero) is 2. The summed E-state index contributed by atoms with van der Waals surface area (Å²) in [6, 6.07) is 15.0. The van der Waals surface area contributed by atoms with Crippen LogP contribution in [0.1, 0.15) is 115 Å². The van der Waals surface area contributed by atoms with Crippen molar-refractivity contribution in [1.82, 2.24) is 0 Å². The highest BCUT2D eigenvalue weighted by Gasteiger charge is 2.30. The molecule has 4 rings (SSSR count). The van der Waals surface area contributed by atoms with Gasteiger partial charge < -0.3 is 10.2 Å². The van der Waals surface area contributed by atoms with E-state index in [0.29, 0.717) is 11.1 Å². The molecule has 0 saturated carbocycles. The van der Waals surface area contributed by atoms with Gasteiger partial charge in [-0.2, -0.15) is 0 Å². The number of aryl methyl sites for hydroxylation is 12. The number of hydrogen-bond donors (Lipinski definition) is 2. The van der Waals surface area contributed by atoms with Gasteiger partial charge in [0, 0.05) is 23.6 Å². The van der Waals surface area contributed by atoms with Crippen molar-refractivity contribution in [2.75, 3.05) is 0 Å². The van der Waals surface area contributed by atoms with E-state index in [1.54, 1.807) is 0 Å². The molecule has 0 saturated heterocycles. The zero-order valence-electron chi connectivity index (χ0n) is 34.5. The van der Waals surface area contributed by atoms with Gasteiger partial charge in [0.1, 0.15) is 23.6 Å². The summed E-state index contributed by atoms with van der Waals surface area (Å²) < 4.78 is 0. The number of aliphatic hydroxyl groups excluding tert-OH is 2. The van der Waals surface area contributed by atoms with Crippen LogP contribution in [0.3, 0.4) is 0 Å². The minimum absolute atomic E-state index is 0.0878. The van der Waals surface area contributed by atoms with Gasteiger partial charge in [-0.1, -0.05) is 70.8 Å². The average molecular weight is 725 g/mol. The molecular formula is C48H56N2O4. The summed E-state index contributed by atoms with van der Waals surface area (Å²) in [5.41, 5.74) is 15.0. The normalized spacial score (nSPS) is 14.0. The van der Waals surface area contributed by atoms with Crippen LogP contribution >= 0.6 is 0 Å². The summed E-state index contributed by atoms with van der Waals surface area (Å²) in [5, 5.41) is 23.5. The molecule has 0 amide bonds. The summed E-state index contributed by atoms with van der Waals surface area (Å²) in [6.07, 6.45) is 2.97. The third kappa shape index (κ3) is 8.87. The van der Waals surface area contributed by atoms with Crippen LogP contribution in [0.4, 0.5) is 0 Å². The monoisotopic (exact) mass is 724 g/mol. The molecule has 0 bridgehead atoms. The highest BCUT2D eigenvalue weighted by atomic mass is 16.3. The largest absolute Gasteiger partial charge is 0.506 e. The Morgan fingerprint density at radius 3 is 0.889 bits per heavy atom. The molecule has 0 aliphatic carbocycles. The molecule has 54 heavy (non-hydrogen) atoms. The number of carbonyl (C=O) groups excluding carboxylic acids is 2. The standard InChI is InChI=1S/C48H56N2O4/c1-25-15-29(5)41(30(6)16-25)45(49-23-39(37(13)51)47(53)43-33(9)19-27(3)20-34(43)10)46(42-31(7)17-26(2)18-32(42)8)50-24-40(38(14)52)48(54)44-35(11)21-28(4)22-36(44)12/h15-24,45-46,53-54H,1-14H3/b47-39-,48-40+,49-23?,50-24?/t45-,46+/m1/s1. The minimum Gasteiger partial charge on any atom is -0.506 e. The van der Waals surface area contributed by atoms with Gasteiger partial charge in [-0.15, -0.1) is 0 Å². The van der Waals surface area contributed by atoms with Gasteiger partial charge in [0.05, 0.1) is 11.1 Å². The lowest BCUT2D eigenvalue weighted by Gasteiger charge is -2.28. The molecule has 6 heteroatoms. The van der Waals surface area contributed by atoms with Crippen LogP contribution in [0.5, 0.6) is 0 Å². The third-order valence-electron chi connectivity index (χ3n) is 10.2. The predicted molar refractivity (Wildman–Crippen MR) is 226 cm³/mol. The van der Waals surface area contributed by atoms with E-state index in [1.165, 1.54) is 26.3 Å². The van der Waals surface area contributed by atoms with Crippen LogP contribution in [-0.2, 0) is 9.59 Å². The fourth-order valence-electron chi connectivity index (χ4n) is 8.27. The molecule has 0 fully saturated rings. The summed E-state index contributed by atoms with van der Waals surface area (Å²) >= 11 is 0. The number of allylic oxidation sites excluding steroid dienone is 2. The fraction of sp³-hybridized carbons (Fsp3) is 0.333. The Morgan fingerprint density at radius 2 is 0.667 bits per heavy atom. The lowest BCUT2D eigenvalue weighted by atomic mass is 9.84. The Morgan fingerprint density at radius 1 is 0.444 bits per heavy atom. The summed E-state index contributed by atoms with van der Waals surface area (Å²) in [4.78, 5) is 37.0. The average Bonchev–Trinajstić information content (AvgIpc) is 3.01. The Kier molecular flexibility index (Phi) is 12.8. The van der Waals surface area contributed by atoms with Crippen molar-refractivity contribution in [3.63, 3.8) is 0 Å². The van der Waals surface area contributed by atoms with Gasteiger partial charge in [-0.05, 0) is 153 Å². The maximum absolute atomic E-state index is 13.3. The highest BCUT2D eigenvalue weighted by molar-refractivity contribution is 6.18. The van der Waals surface area contributed by atoms with Gasteiger partial charge in [-0.25, -0.2) is 0 Å². The Balaban J connectivity index is 2.11. The Labute approximate surface area is 322 Å². The summed E-state index contributed by atoms with van der Waals surface area (Å²) in [6.45, 7) is 26.8. The molecule has 4 aromatic carbocycles. The molecule has 2 atom stereocenters. The number of nitrogens with zero attached hydrogens (tertiary/aromatic N) is 2. The number of ketones is 2. The van der Waals surface area contributed by atoms with Crippen molar-refractivity contribution in [3.8, 4) is 0 Å². The van der Waals surface area contributed by atoms with Crippen molar-refractivity contribution < 1.29 is 19.8 Å². The number of hydrogen-bond acceptors (Lipinski definition) is 6. The van der Waals surface area contributed by atoms with Crippen LogP contribution in [0.15, 0.2) is 69.7 Å². The van der Waals surface area contributed by atoms with E-state index >= 15 is 0 Å². The molecule has 0 aliphatic rings. The van der Waals surface area contributed by atoms with Gasteiger partial charge in [-0.3, -0.25) is 19.6 Å². The SMILES string of the molecule is CC(=O)/C(C=N[C@H](c1c(C)cc(C)cc1C)[C@@H](N=C/C(C(C)=O)=C(\O)c1c(C)cc(C)cc1C)c1c(C)cc(C)cc1C)=C(\O)c1c(C)cc(C)cc1C. The molecule has 282 valence electrons. The first-order valence-corrected chi connectivity index (χ1v) is 18.5. The second-order valence-corrected chi connectivity index (χ2v) is 15.3. The van der Waals surface area contributed by atoms with E-state index < -0.39 is 12.1 Å². The molecule has 0 spiro atoms. The third-order valence-corrected chi connectivity index (χ3v) is 10.2. The molecule has 0 unspecified atom stereocenters. The maximum atomic E-state index is 13.3. The second kappa shape index (κ2) is 16.8. The first-order chi connectivity index (χ1) is 25.2. The van der Waals surface area contributed by atoms with E-state index in [0.717, 1.165) is 77.9 Å². The van der Waals surface area contributed by atoms with Crippen molar-refractivity contribution in [3.05, 3.63) is 149 Å². The van der Waals surface area contributed by atoms with E-state index in [1.807, 2.05) is 93.5 Å². The Hall–Kier alpha value is -5.36. The van der Waals surface area contributed by atoms with Crippen molar-refractivity contribution in [2.24, 2.45) is 9.98 Å². The van der Waals surface area contributed by atoms with Crippen LogP contribution < -0.4 is 0 Å². The zero-order valence-corrected chi connectivity index (χ0v) is 34.5. The van der Waals surface area contributed by atoms with Crippen molar-refractivity contribution >= 4 is 35.5 Å². The topological polar surface area (TPSA) is 99.3 Å². The first kappa shape index (κ1) is 41.4. The predicted octanol–water partition coefficient (Wildman–Crippen LogP) is 11.4. The number of aliphatic hydroxyl groups is 2. The maximum Gasteiger partial charge on any atom is 0.165 e. The van der Waals surface area contributed by atoms with Crippen LogP contribution in [-0.4, -0.2) is 34.2 Å². The van der Waals surface area contributed by atoms with Gasteiger partial charge in [0.25, 0.3) is 0 Å². The van der Waals surface area contributed by atoms with E-state index in [4.69, 9.17) is 9.98 Å². The van der Waals surface area contributed by atoms with Crippen molar-refractivity contribution in [1.29, 1.82) is 0 Å². The van der Waals surface area contributed by atoms with Crippen LogP contribution in [0, 0.1) is 83.1 Å². The Bertz CT molecular complexity index is 2030. The molecule has 0 radical (unpaired) electrons. The van der Waals surface area contributed by atoms with Gasteiger partial charge >= 0.3 is 0 Å². The molecule has 0 aromatic heterocycles. The minimum atomic E-state index is -0.692. The van der Waals surface area contributed by atoms with E-state index in [2.05, 4.69) is 38.1 Å². The highest BCUT2D eigenvalue weighted by Crippen LogP contribution is 2.42. The molecule has 2 N–H and O–H groups in total. The number of aliphatic imine (C=N–C) groups is 2. The summed E-state index contributed by atoms with van der Waals surface area (Å²) in [5.74, 6) is -0.915. The summed E-state index contributed by atoms with van der Waals surface area (Å²) in [7, 11) is 0. The molecular weight excluding hydrogens is 669 g/mol. The van der Waals surface area contributed by atoms with Crippen LogP contribution in [0.25, 0.3) is 11.5 Å². The quantitative estimate of drug-likeness (QED) is 0.0913. The molecule has 6 nitrogen and oxygen atoms in total. The van der Waals surface area contributed by atoms with Gasteiger partial charge in [0.2, 0.25) is 0 Å². The number of carbonyl (C=O) groups is 2. The molecule has 4 aromatic rings. The lowest BCUT2D eigenvalue weighted by molar-refractivity contribution is -0.114. The van der Waals surface area contributed by atoms with E-state index in [-0.39, 0.29) is 34.2 Å². The van der Waals surface area contributed by atoms with Crippen molar-refractivity contribution in [2.45, 2.75) is 109 Å². The fourth-order valence-corrected chi connectivity index (χ4v) is 8.27.